The first-order chi connectivity index (χ1) is 16.5. The molecule has 1 aliphatic carbocycles. The summed E-state index contributed by atoms with van der Waals surface area (Å²) in [7, 11) is 0. The molecule has 0 radical (unpaired) electrons. The molecule has 1 saturated carbocycles. The van der Waals surface area contributed by atoms with E-state index in [9.17, 15) is 19.6 Å². The maximum Gasteiger partial charge on any atom is 0.326 e. The highest BCUT2D eigenvalue weighted by molar-refractivity contribution is 5.82. The number of carbonyl (C=O) groups excluding carboxylic acids is 2. The molecule has 3 fully saturated rings. The Kier molecular flexibility index (Phi) is 6.42. The van der Waals surface area contributed by atoms with Crippen molar-refractivity contribution in [2.45, 2.75) is 76.0 Å². The summed E-state index contributed by atoms with van der Waals surface area (Å²) in [5.74, 6) is 0.398. The van der Waals surface area contributed by atoms with Gasteiger partial charge in [0.1, 0.15) is 6.07 Å². The highest BCUT2D eigenvalue weighted by Gasteiger charge is 2.37. The van der Waals surface area contributed by atoms with E-state index in [4.69, 9.17) is 0 Å². The summed E-state index contributed by atoms with van der Waals surface area (Å²) >= 11 is 0. The van der Waals surface area contributed by atoms with Crippen LogP contribution in [0.1, 0.15) is 69.4 Å². The van der Waals surface area contributed by atoms with E-state index in [1.54, 1.807) is 16.7 Å². The van der Waals surface area contributed by atoms with Crippen LogP contribution in [-0.4, -0.2) is 51.6 Å². The molecule has 180 valence electrons. The van der Waals surface area contributed by atoms with Gasteiger partial charge in [0.2, 0.25) is 11.8 Å². The number of aromatic nitrogens is 2. The van der Waals surface area contributed by atoms with Gasteiger partial charge in [0.05, 0.1) is 28.7 Å². The van der Waals surface area contributed by atoms with Crippen molar-refractivity contribution in [2.75, 3.05) is 13.1 Å². The summed E-state index contributed by atoms with van der Waals surface area (Å²) in [6.07, 6.45) is 7.64. The molecule has 9 nitrogen and oxygen atoms in total. The summed E-state index contributed by atoms with van der Waals surface area (Å²) in [6.45, 7) is 1.23. The highest BCUT2D eigenvalue weighted by Crippen LogP contribution is 2.28. The lowest BCUT2D eigenvalue weighted by Crippen LogP contribution is -2.62. The van der Waals surface area contributed by atoms with Gasteiger partial charge in [-0.2, -0.15) is 5.26 Å². The van der Waals surface area contributed by atoms with Crippen LogP contribution in [-0.2, 0) is 9.59 Å². The monoisotopic (exact) mass is 464 g/mol. The quantitative estimate of drug-likeness (QED) is 0.626. The van der Waals surface area contributed by atoms with Gasteiger partial charge in [-0.15, -0.1) is 0 Å². The number of aromatic amines is 1. The van der Waals surface area contributed by atoms with E-state index in [0.29, 0.717) is 43.4 Å². The smallest absolute Gasteiger partial charge is 0.326 e. The highest BCUT2D eigenvalue weighted by atomic mass is 16.2. The number of hydrogen-bond donors (Lipinski definition) is 3. The molecule has 3 unspecified atom stereocenters. The van der Waals surface area contributed by atoms with Crippen LogP contribution in [0.5, 0.6) is 0 Å². The van der Waals surface area contributed by atoms with E-state index in [2.05, 4.69) is 21.7 Å². The zero-order chi connectivity index (χ0) is 23.7. The summed E-state index contributed by atoms with van der Waals surface area (Å²) in [4.78, 5) is 42.5. The molecular formula is C25H32N6O3. The standard InChI is InChI=1S/C25H32N6O3/c26-15-16-5-3-8-20-23(16)29-25(34)31(20)17-11-13-30(14-12-17)22(32)10-4-9-21-27-19-7-2-1-6-18(19)24(33)28-21/h3,5,8,17-19,21,27H,1-2,4,6-7,9-14H2,(H,28,33)(H,29,34). The molecule has 3 heterocycles. The second kappa shape index (κ2) is 9.63. The number of H-pyrrole nitrogens is 1. The van der Waals surface area contributed by atoms with E-state index in [-0.39, 0.29) is 41.7 Å². The Bertz CT molecular complexity index is 1170. The minimum atomic E-state index is -0.204. The molecule has 0 spiro atoms. The number of carbonyl (C=O) groups is 2. The first-order valence-electron chi connectivity index (χ1n) is 12.5. The molecule has 2 aliphatic heterocycles. The van der Waals surface area contributed by atoms with Crippen LogP contribution < -0.4 is 16.3 Å². The van der Waals surface area contributed by atoms with Crippen molar-refractivity contribution >= 4 is 22.8 Å². The van der Waals surface area contributed by atoms with Gasteiger partial charge in [-0.3, -0.25) is 19.5 Å². The first kappa shape index (κ1) is 22.7. The van der Waals surface area contributed by atoms with Crippen LogP contribution in [0.15, 0.2) is 23.0 Å². The lowest BCUT2D eigenvalue weighted by Gasteiger charge is -2.40. The minimum absolute atomic E-state index is 0.00401. The minimum Gasteiger partial charge on any atom is -0.343 e. The second-order valence-electron chi connectivity index (χ2n) is 9.84. The van der Waals surface area contributed by atoms with Gasteiger partial charge < -0.3 is 15.2 Å². The van der Waals surface area contributed by atoms with Crippen LogP contribution in [0.3, 0.4) is 0 Å². The summed E-state index contributed by atoms with van der Waals surface area (Å²) in [6, 6.07) is 7.77. The van der Waals surface area contributed by atoms with Gasteiger partial charge in [-0.25, -0.2) is 4.79 Å². The number of hydrogen-bond acceptors (Lipinski definition) is 5. The van der Waals surface area contributed by atoms with Crippen molar-refractivity contribution in [3.05, 3.63) is 34.2 Å². The number of nitrogens with zero attached hydrogens (tertiary/aromatic N) is 3. The molecule has 2 amide bonds. The second-order valence-corrected chi connectivity index (χ2v) is 9.84. The Morgan fingerprint density at radius 1 is 1.12 bits per heavy atom. The number of amides is 2. The van der Waals surface area contributed by atoms with Crippen molar-refractivity contribution in [3.63, 3.8) is 0 Å². The van der Waals surface area contributed by atoms with Gasteiger partial charge >= 0.3 is 5.69 Å². The fourth-order valence-corrected chi connectivity index (χ4v) is 5.97. The third-order valence-electron chi connectivity index (χ3n) is 7.77. The average Bonchev–Trinajstić information content (AvgIpc) is 3.20. The molecule has 2 aromatic rings. The van der Waals surface area contributed by atoms with Gasteiger partial charge in [-0.05, 0) is 50.7 Å². The molecule has 3 N–H and O–H groups in total. The number of piperidine rings is 1. The van der Waals surface area contributed by atoms with E-state index < -0.39 is 0 Å². The van der Waals surface area contributed by atoms with Gasteiger partial charge in [-0.1, -0.05) is 18.9 Å². The third-order valence-corrected chi connectivity index (χ3v) is 7.77. The maximum absolute atomic E-state index is 12.8. The summed E-state index contributed by atoms with van der Waals surface area (Å²) in [5, 5.41) is 16.0. The van der Waals surface area contributed by atoms with Crippen LogP contribution in [0, 0.1) is 17.2 Å². The van der Waals surface area contributed by atoms with Crippen molar-refractivity contribution < 1.29 is 9.59 Å². The molecular weight excluding hydrogens is 432 g/mol. The molecule has 34 heavy (non-hydrogen) atoms. The van der Waals surface area contributed by atoms with E-state index >= 15 is 0 Å². The molecule has 9 heteroatoms. The maximum atomic E-state index is 12.8. The average molecular weight is 465 g/mol. The van der Waals surface area contributed by atoms with Crippen molar-refractivity contribution in [1.82, 2.24) is 25.1 Å². The van der Waals surface area contributed by atoms with Gasteiger partial charge in [0.25, 0.3) is 0 Å². The fraction of sp³-hybridized carbons (Fsp3) is 0.600. The number of benzene rings is 1. The molecule has 1 aromatic heterocycles. The zero-order valence-corrected chi connectivity index (χ0v) is 19.4. The number of nitriles is 1. The number of nitrogens with one attached hydrogen (secondary N) is 3. The van der Waals surface area contributed by atoms with E-state index in [1.807, 2.05) is 11.0 Å². The van der Waals surface area contributed by atoms with E-state index in [0.717, 1.165) is 37.6 Å². The van der Waals surface area contributed by atoms with E-state index in [1.165, 1.54) is 6.42 Å². The normalized spacial score (nSPS) is 25.6. The number of fused-ring (bicyclic) bond motifs is 2. The van der Waals surface area contributed by atoms with Gasteiger partial charge in [0.15, 0.2) is 0 Å². The Morgan fingerprint density at radius 2 is 1.91 bits per heavy atom. The summed E-state index contributed by atoms with van der Waals surface area (Å²) < 4.78 is 1.74. The predicted octanol–water partition coefficient (Wildman–Crippen LogP) is 2.14. The van der Waals surface area contributed by atoms with Crippen LogP contribution in [0.2, 0.25) is 0 Å². The van der Waals surface area contributed by atoms with Crippen molar-refractivity contribution in [1.29, 1.82) is 5.26 Å². The molecule has 5 rings (SSSR count). The summed E-state index contributed by atoms with van der Waals surface area (Å²) in [5.41, 5.74) is 1.58. The Balaban J connectivity index is 1.12. The number of imidazole rings is 1. The lowest BCUT2D eigenvalue weighted by molar-refractivity contribution is -0.132. The van der Waals surface area contributed by atoms with Crippen LogP contribution in [0.25, 0.3) is 11.0 Å². The topological polar surface area (TPSA) is 123 Å². The molecule has 3 atom stereocenters. The molecule has 3 aliphatic rings. The third kappa shape index (κ3) is 4.34. The molecule has 1 aromatic carbocycles. The largest absolute Gasteiger partial charge is 0.343 e. The fourth-order valence-electron chi connectivity index (χ4n) is 5.97. The van der Waals surface area contributed by atoms with Crippen molar-refractivity contribution in [3.8, 4) is 6.07 Å². The Morgan fingerprint density at radius 3 is 2.71 bits per heavy atom. The Labute approximate surface area is 198 Å². The number of likely N-dealkylation sites (tertiary alicyclic amines) is 1. The lowest BCUT2D eigenvalue weighted by atomic mass is 9.82. The first-order valence-corrected chi connectivity index (χ1v) is 12.5. The van der Waals surface area contributed by atoms with Gasteiger partial charge in [0, 0.05) is 31.6 Å². The molecule has 0 bridgehead atoms. The van der Waals surface area contributed by atoms with Crippen LogP contribution >= 0.6 is 0 Å². The Hall–Kier alpha value is -3.12. The van der Waals surface area contributed by atoms with Crippen LogP contribution in [0.4, 0.5) is 0 Å². The SMILES string of the molecule is N#Cc1cccc2c1[nH]c(=O)n2C1CCN(C(=O)CCCC2NC(=O)C3CCCCC3N2)CC1. The number of rotatable bonds is 5. The zero-order valence-electron chi connectivity index (χ0n) is 19.4. The predicted molar refractivity (Wildman–Crippen MR) is 127 cm³/mol. The molecule has 2 saturated heterocycles. The van der Waals surface area contributed by atoms with Crippen molar-refractivity contribution in [2.24, 2.45) is 5.92 Å². The number of para-hydroxylation sites is 1.